The molecule has 0 heterocycles. The Kier molecular flexibility index (Phi) is 4.75. The van der Waals surface area contributed by atoms with Crippen LogP contribution in [0.1, 0.15) is 28.3 Å². The van der Waals surface area contributed by atoms with Crippen molar-refractivity contribution in [2.75, 3.05) is 7.05 Å². The third kappa shape index (κ3) is 2.86. The van der Waals surface area contributed by atoms with Crippen LogP contribution in [0, 0.1) is 29.1 Å². The van der Waals surface area contributed by atoms with E-state index in [1.54, 1.807) is 14.0 Å². The maximum atomic E-state index is 14.2. The van der Waals surface area contributed by atoms with Gasteiger partial charge < -0.3 is 5.32 Å². The first kappa shape index (κ1) is 15.4. The van der Waals surface area contributed by atoms with Gasteiger partial charge in [-0.3, -0.25) is 0 Å². The second-order valence-electron chi connectivity index (χ2n) is 4.82. The Morgan fingerprint density at radius 3 is 2.35 bits per heavy atom. The van der Waals surface area contributed by atoms with Crippen molar-refractivity contribution in [1.29, 1.82) is 0 Å². The van der Waals surface area contributed by atoms with Crippen LogP contribution in [-0.2, 0) is 0 Å². The minimum absolute atomic E-state index is 0.319. The summed E-state index contributed by atoms with van der Waals surface area (Å²) in [5.74, 6) is -0.773. The molecule has 0 saturated heterocycles. The van der Waals surface area contributed by atoms with Gasteiger partial charge in [0.25, 0.3) is 0 Å². The molecule has 2 aromatic rings. The van der Waals surface area contributed by atoms with E-state index in [2.05, 4.69) is 27.9 Å². The third-order valence-electron chi connectivity index (χ3n) is 3.41. The van der Waals surface area contributed by atoms with E-state index in [4.69, 9.17) is 0 Å². The summed E-state index contributed by atoms with van der Waals surface area (Å²) in [4.78, 5) is 0. The van der Waals surface area contributed by atoms with Crippen molar-refractivity contribution in [1.82, 2.24) is 5.32 Å². The average molecular weight is 387 g/mol. The first-order valence-corrected chi connectivity index (χ1v) is 7.41. The number of halogens is 3. The van der Waals surface area contributed by atoms with Gasteiger partial charge in [0.1, 0.15) is 11.6 Å². The highest BCUT2D eigenvalue weighted by atomic mass is 127. The normalized spacial score (nSPS) is 12.5. The zero-order chi connectivity index (χ0) is 14.9. The van der Waals surface area contributed by atoms with E-state index in [1.807, 2.05) is 25.1 Å². The molecular weight excluding hydrogens is 371 g/mol. The Balaban J connectivity index is 2.58. The Hall–Kier alpha value is -1.01. The maximum absolute atomic E-state index is 14.2. The van der Waals surface area contributed by atoms with Crippen molar-refractivity contribution in [2.24, 2.45) is 0 Å². The number of hydrogen-bond donors (Lipinski definition) is 1. The summed E-state index contributed by atoms with van der Waals surface area (Å²) in [5.41, 5.74) is 2.73. The van der Waals surface area contributed by atoms with Gasteiger partial charge in [-0.2, -0.15) is 0 Å². The molecule has 20 heavy (non-hydrogen) atoms. The zero-order valence-electron chi connectivity index (χ0n) is 11.6. The molecule has 4 heteroatoms. The van der Waals surface area contributed by atoms with E-state index >= 15 is 0 Å². The van der Waals surface area contributed by atoms with E-state index in [0.717, 1.165) is 14.7 Å². The molecule has 0 amide bonds. The van der Waals surface area contributed by atoms with Crippen molar-refractivity contribution in [3.05, 3.63) is 67.8 Å². The molecule has 2 aromatic carbocycles. The lowest BCUT2D eigenvalue weighted by Gasteiger charge is -2.21. The van der Waals surface area contributed by atoms with Gasteiger partial charge in [0, 0.05) is 9.13 Å². The van der Waals surface area contributed by atoms with Gasteiger partial charge in [-0.15, -0.1) is 0 Å². The molecule has 0 aliphatic heterocycles. The smallest absolute Gasteiger partial charge is 0.128 e. The van der Waals surface area contributed by atoms with E-state index in [-0.39, 0.29) is 17.7 Å². The fourth-order valence-electron chi connectivity index (χ4n) is 2.25. The molecule has 0 radical (unpaired) electrons. The molecule has 0 aliphatic carbocycles. The molecule has 0 aromatic heterocycles. The molecule has 0 aliphatic rings. The SMILES string of the molecule is CNC(c1cc(F)c(C)cc1F)c1cccc(C)c1I. The second-order valence-corrected chi connectivity index (χ2v) is 5.90. The van der Waals surface area contributed by atoms with Gasteiger partial charge in [-0.25, -0.2) is 8.78 Å². The van der Waals surface area contributed by atoms with E-state index in [1.165, 1.54) is 12.1 Å². The average Bonchev–Trinajstić information content (AvgIpc) is 2.41. The van der Waals surface area contributed by atoms with Crippen molar-refractivity contribution < 1.29 is 8.78 Å². The van der Waals surface area contributed by atoms with Crippen LogP contribution in [0.5, 0.6) is 0 Å². The van der Waals surface area contributed by atoms with Gasteiger partial charge >= 0.3 is 0 Å². The van der Waals surface area contributed by atoms with Crippen LogP contribution in [0.15, 0.2) is 30.3 Å². The topological polar surface area (TPSA) is 12.0 Å². The highest BCUT2D eigenvalue weighted by Crippen LogP contribution is 2.30. The summed E-state index contributed by atoms with van der Waals surface area (Å²) in [6, 6.07) is 8.04. The molecule has 0 fully saturated rings. The standard InChI is InChI=1S/C16H16F2IN/c1-9-5-4-6-11(15(9)19)16(20-3)12-8-13(17)10(2)7-14(12)18/h4-8,16,20H,1-3H3. The predicted molar refractivity (Wildman–Crippen MR) is 85.9 cm³/mol. The number of hydrogen-bond acceptors (Lipinski definition) is 1. The molecule has 0 bridgehead atoms. The number of aryl methyl sites for hydroxylation is 2. The first-order chi connectivity index (χ1) is 9.45. The van der Waals surface area contributed by atoms with Gasteiger partial charge in [-0.05, 0) is 72.3 Å². The van der Waals surface area contributed by atoms with Gasteiger partial charge in [0.2, 0.25) is 0 Å². The third-order valence-corrected chi connectivity index (χ3v) is 4.88. The molecule has 1 unspecified atom stereocenters. The van der Waals surface area contributed by atoms with E-state index in [9.17, 15) is 8.78 Å². The van der Waals surface area contributed by atoms with Gasteiger partial charge in [0.15, 0.2) is 0 Å². The highest BCUT2D eigenvalue weighted by molar-refractivity contribution is 14.1. The lowest BCUT2D eigenvalue weighted by Crippen LogP contribution is -2.20. The maximum Gasteiger partial charge on any atom is 0.128 e. The lowest BCUT2D eigenvalue weighted by atomic mass is 9.96. The minimum Gasteiger partial charge on any atom is -0.309 e. The summed E-state index contributed by atoms with van der Waals surface area (Å²) in [5, 5.41) is 3.08. The fourth-order valence-corrected chi connectivity index (χ4v) is 2.93. The van der Waals surface area contributed by atoms with Crippen molar-refractivity contribution in [3.63, 3.8) is 0 Å². The number of rotatable bonds is 3. The molecule has 1 N–H and O–H groups in total. The Labute approximate surface area is 131 Å². The second kappa shape index (κ2) is 6.18. The fraction of sp³-hybridized carbons (Fsp3) is 0.250. The molecular formula is C16H16F2IN. The lowest BCUT2D eigenvalue weighted by molar-refractivity contribution is 0.553. The summed E-state index contributed by atoms with van der Waals surface area (Å²) in [6.07, 6.45) is 0. The Bertz CT molecular complexity index is 641. The van der Waals surface area contributed by atoms with Crippen LogP contribution in [-0.4, -0.2) is 7.05 Å². The summed E-state index contributed by atoms with van der Waals surface area (Å²) in [6.45, 7) is 3.57. The first-order valence-electron chi connectivity index (χ1n) is 6.33. The molecule has 2 rings (SSSR count). The van der Waals surface area contributed by atoms with Crippen molar-refractivity contribution in [3.8, 4) is 0 Å². The molecule has 106 valence electrons. The molecule has 1 atom stereocenters. The van der Waals surface area contributed by atoms with Crippen LogP contribution in [0.25, 0.3) is 0 Å². The summed E-state index contributed by atoms with van der Waals surface area (Å²) >= 11 is 2.24. The largest absolute Gasteiger partial charge is 0.309 e. The van der Waals surface area contributed by atoms with Crippen LogP contribution >= 0.6 is 22.6 Å². The Morgan fingerprint density at radius 1 is 1.00 bits per heavy atom. The molecule has 0 spiro atoms. The molecule has 1 nitrogen and oxygen atoms in total. The number of benzene rings is 2. The highest BCUT2D eigenvalue weighted by Gasteiger charge is 2.20. The van der Waals surface area contributed by atoms with Gasteiger partial charge in [-0.1, -0.05) is 18.2 Å². The van der Waals surface area contributed by atoms with Crippen LogP contribution in [0.2, 0.25) is 0 Å². The van der Waals surface area contributed by atoms with Crippen LogP contribution in [0.4, 0.5) is 8.78 Å². The minimum atomic E-state index is -0.388. The van der Waals surface area contributed by atoms with E-state index in [0.29, 0.717) is 11.1 Å². The van der Waals surface area contributed by atoms with Crippen molar-refractivity contribution >= 4 is 22.6 Å². The summed E-state index contributed by atoms with van der Waals surface area (Å²) in [7, 11) is 1.75. The monoisotopic (exact) mass is 387 g/mol. The van der Waals surface area contributed by atoms with Crippen LogP contribution in [0.3, 0.4) is 0 Å². The predicted octanol–water partition coefficient (Wildman–Crippen LogP) is 4.50. The number of nitrogens with one attached hydrogen (secondary N) is 1. The quantitative estimate of drug-likeness (QED) is 0.766. The zero-order valence-corrected chi connectivity index (χ0v) is 13.8. The van der Waals surface area contributed by atoms with E-state index < -0.39 is 0 Å². The van der Waals surface area contributed by atoms with Crippen molar-refractivity contribution in [2.45, 2.75) is 19.9 Å². The van der Waals surface area contributed by atoms with Crippen LogP contribution < -0.4 is 5.32 Å². The molecule has 0 saturated carbocycles. The Morgan fingerprint density at radius 2 is 1.70 bits per heavy atom. The van der Waals surface area contributed by atoms with Gasteiger partial charge in [0.05, 0.1) is 6.04 Å². The summed E-state index contributed by atoms with van der Waals surface area (Å²) < 4.78 is 29.0.